The van der Waals surface area contributed by atoms with E-state index >= 15 is 0 Å². The Balaban J connectivity index is 1.16. The number of aryl methyl sites for hydroxylation is 1. The number of hydrogen-bond acceptors (Lipinski definition) is 5. The number of benzene rings is 2. The molecule has 224 valence electrons. The first kappa shape index (κ1) is 28.1. The van der Waals surface area contributed by atoms with Gasteiger partial charge in [0.1, 0.15) is 12.2 Å². The number of aromatic nitrogens is 3. The standard InChI is InChI=1S/C33H35F3N6O/c1-40-20-38-39-30(40)15-32(13-22(14-32)16-37)24-4-2-6-26(12-24)42-19-29-27(23-7-8-23)10-21(11-28(29)31(42)43)17-41-9-3-5-25(18-41)33(34,35)36/h2,4,6,10-12,20,22-23,25H,3,5,7-9,13-15,17-19H2,1H3/t22-,25-,32-/m0/s1. The average molecular weight is 589 g/mol. The zero-order valence-electron chi connectivity index (χ0n) is 24.3. The lowest BCUT2D eigenvalue weighted by atomic mass is 9.57. The van der Waals surface area contributed by atoms with Gasteiger partial charge in [-0.3, -0.25) is 9.69 Å². The molecule has 4 aliphatic rings. The van der Waals surface area contributed by atoms with Crippen LogP contribution in [0.25, 0.3) is 0 Å². The molecule has 43 heavy (non-hydrogen) atoms. The number of fused-ring (bicyclic) bond motifs is 1. The highest BCUT2D eigenvalue weighted by molar-refractivity contribution is 6.10. The number of carbonyl (C=O) groups is 1. The van der Waals surface area contributed by atoms with Crippen molar-refractivity contribution >= 4 is 11.6 Å². The lowest BCUT2D eigenvalue weighted by Gasteiger charge is -2.45. The van der Waals surface area contributed by atoms with Gasteiger partial charge in [0.05, 0.1) is 18.5 Å². The number of nitrogens with zero attached hydrogens (tertiary/aromatic N) is 6. The van der Waals surface area contributed by atoms with Crippen LogP contribution in [0.1, 0.15) is 82.9 Å². The summed E-state index contributed by atoms with van der Waals surface area (Å²) in [5.74, 6) is -0.0963. The first-order chi connectivity index (χ1) is 20.6. The van der Waals surface area contributed by atoms with Gasteiger partial charge < -0.3 is 9.47 Å². The summed E-state index contributed by atoms with van der Waals surface area (Å²) in [5, 5.41) is 17.9. The van der Waals surface area contributed by atoms with Crippen LogP contribution in [0.4, 0.5) is 18.9 Å². The van der Waals surface area contributed by atoms with E-state index in [2.05, 4.69) is 34.5 Å². The summed E-state index contributed by atoms with van der Waals surface area (Å²) in [5.41, 5.74) is 5.50. The SMILES string of the molecule is Cn1cnnc1C[C@]1(c2cccc(N3Cc4c(cc(CN5CCC[C@H](C(F)(F)F)C5)cc4C4CC4)C3=O)c2)C[C@H](C#N)C1. The molecule has 0 N–H and O–H groups in total. The Labute approximate surface area is 249 Å². The summed E-state index contributed by atoms with van der Waals surface area (Å²) in [7, 11) is 1.92. The van der Waals surface area contributed by atoms with E-state index in [0.717, 1.165) is 53.9 Å². The molecule has 2 saturated carbocycles. The van der Waals surface area contributed by atoms with E-state index < -0.39 is 12.1 Å². The molecule has 2 aliphatic heterocycles. The van der Waals surface area contributed by atoms with E-state index in [1.165, 1.54) is 5.56 Å². The minimum Gasteiger partial charge on any atom is -0.321 e. The Morgan fingerprint density at radius 2 is 1.95 bits per heavy atom. The Kier molecular flexibility index (Phi) is 6.84. The minimum absolute atomic E-state index is 0.00889. The predicted octanol–water partition coefficient (Wildman–Crippen LogP) is 6.04. The number of alkyl halides is 3. The fourth-order valence-corrected chi connectivity index (χ4v) is 7.51. The Morgan fingerprint density at radius 3 is 2.65 bits per heavy atom. The molecule has 3 heterocycles. The molecule has 2 aromatic carbocycles. The second-order valence-corrected chi connectivity index (χ2v) is 13.1. The lowest BCUT2D eigenvalue weighted by Crippen LogP contribution is -2.43. The molecular weight excluding hydrogens is 553 g/mol. The third-order valence-corrected chi connectivity index (χ3v) is 10.1. The average Bonchev–Trinajstić information content (AvgIpc) is 3.66. The smallest absolute Gasteiger partial charge is 0.321 e. The van der Waals surface area contributed by atoms with Gasteiger partial charge in [-0.1, -0.05) is 18.2 Å². The normalized spacial score (nSPS) is 25.8. The molecule has 0 unspecified atom stereocenters. The van der Waals surface area contributed by atoms with E-state index in [9.17, 15) is 23.2 Å². The molecule has 1 amide bonds. The largest absolute Gasteiger partial charge is 0.393 e. The monoisotopic (exact) mass is 588 g/mol. The second-order valence-electron chi connectivity index (χ2n) is 13.1. The molecule has 0 bridgehead atoms. The van der Waals surface area contributed by atoms with E-state index in [1.807, 2.05) is 39.6 Å². The maximum absolute atomic E-state index is 14.0. The van der Waals surface area contributed by atoms with Gasteiger partial charge in [0.15, 0.2) is 0 Å². The van der Waals surface area contributed by atoms with Gasteiger partial charge in [-0.05, 0) is 91.4 Å². The van der Waals surface area contributed by atoms with Crippen molar-refractivity contribution in [3.05, 3.63) is 76.4 Å². The first-order valence-electron chi connectivity index (χ1n) is 15.2. The highest BCUT2D eigenvalue weighted by Crippen LogP contribution is 2.51. The number of piperidine rings is 1. The molecule has 1 atom stereocenters. The van der Waals surface area contributed by atoms with Crippen LogP contribution in [0.5, 0.6) is 0 Å². The third kappa shape index (κ3) is 5.22. The molecule has 10 heteroatoms. The van der Waals surface area contributed by atoms with Crippen molar-refractivity contribution in [2.24, 2.45) is 18.9 Å². The van der Waals surface area contributed by atoms with Crippen molar-refractivity contribution in [2.75, 3.05) is 18.0 Å². The molecule has 7 nitrogen and oxygen atoms in total. The van der Waals surface area contributed by atoms with Gasteiger partial charge >= 0.3 is 6.18 Å². The molecule has 2 aliphatic carbocycles. The quantitative estimate of drug-likeness (QED) is 0.336. The number of carbonyl (C=O) groups excluding carboxylic acids is 1. The fraction of sp³-hybridized carbons (Fsp3) is 0.515. The summed E-state index contributed by atoms with van der Waals surface area (Å²) >= 11 is 0. The van der Waals surface area contributed by atoms with Crippen LogP contribution in [-0.4, -0.2) is 44.8 Å². The number of nitriles is 1. The van der Waals surface area contributed by atoms with E-state index in [1.54, 1.807) is 6.33 Å². The number of anilines is 1. The van der Waals surface area contributed by atoms with Gasteiger partial charge in [0.2, 0.25) is 0 Å². The number of rotatable bonds is 7. The van der Waals surface area contributed by atoms with Gasteiger partial charge in [-0.2, -0.15) is 18.4 Å². The van der Waals surface area contributed by atoms with Crippen molar-refractivity contribution in [3.8, 4) is 6.07 Å². The zero-order chi connectivity index (χ0) is 29.9. The van der Waals surface area contributed by atoms with Crippen molar-refractivity contribution in [3.63, 3.8) is 0 Å². The van der Waals surface area contributed by atoms with Crippen molar-refractivity contribution in [2.45, 2.75) is 75.5 Å². The Bertz CT molecular complexity index is 1600. The van der Waals surface area contributed by atoms with Crippen LogP contribution in [0.3, 0.4) is 0 Å². The molecule has 1 saturated heterocycles. The maximum atomic E-state index is 14.0. The highest BCUT2D eigenvalue weighted by Gasteiger charge is 2.47. The van der Waals surface area contributed by atoms with Crippen molar-refractivity contribution in [1.29, 1.82) is 5.26 Å². The molecular formula is C33H35F3N6O. The lowest BCUT2D eigenvalue weighted by molar-refractivity contribution is -0.187. The summed E-state index contributed by atoms with van der Waals surface area (Å²) < 4.78 is 42.3. The topological polar surface area (TPSA) is 78.1 Å². The summed E-state index contributed by atoms with van der Waals surface area (Å²) in [6.07, 6.45) is 2.49. The number of hydrogen-bond donors (Lipinski definition) is 0. The van der Waals surface area contributed by atoms with Crippen LogP contribution in [0.2, 0.25) is 0 Å². The van der Waals surface area contributed by atoms with E-state index in [4.69, 9.17) is 0 Å². The van der Waals surface area contributed by atoms with Crippen LogP contribution in [0, 0.1) is 23.2 Å². The van der Waals surface area contributed by atoms with Gasteiger partial charge in [0, 0.05) is 49.1 Å². The summed E-state index contributed by atoms with van der Waals surface area (Å²) in [6, 6.07) is 14.6. The molecule has 1 aromatic heterocycles. The highest BCUT2D eigenvalue weighted by atomic mass is 19.4. The van der Waals surface area contributed by atoms with Gasteiger partial charge in [-0.25, -0.2) is 0 Å². The van der Waals surface area contributed by atoms with Crippen molar-refractivity contribution in [1.82, 2.24) is 19.7 Å². The Hall–Kier alpha value is -3.71. The zero-order valence-corrected chi connectivity index (χ0v) is 24.3. The third-order valence-electron chi connectivity index (χ3n) is 10.1. The molecule has 3 aromatic rings. The minimum atomic E-state index is -4.18. The van der Waals surface area contributed by atoms with Crippen LogP contribution in [-0.2, 0) is 32.0 Å². The van der Waals surface area contributed by atoms with E-state index in [-0.39, 0.29) is 30.2 Å². The molecule has 7 rings (SSSR count). The summed E-state index contributed by atoms with van der Waals surface area (Å²) in [6.45, 7) is 1.56. The van der Waals surface area contributed by atoms with E-state index in [0.29, 0.717) is 44.0 Å². The number of amides is 1. The molecule has 0 spiro atoms. The molecule has 3 fully saturated rings. The fourth-order valence-electron chi connectivity index (χ4n) is 7.51. The van der Waals surface area contributed by atoms with Crippen LogP contribution in [0.15, 0.2) is 42.7 Å². The number of likely N-dealkylation sites (tertiary alicyclic amines) is 1. The first-order valence-corrected chi connectivity index (χ1v) is 15.2. The van der Waals surface area contributed by atoms with Crippen LogP contribution >= 0.6 is 0 Å². The number of halogens is 3. The summed E-state index contributed by atoms with van der Waals surface area (Å²) in [4.78, 5) is 17.7. The van der Waals surface area contributed by atoms with Gasteiger partial charge in [0.25, 0.3) is 5.91 Å². The van der Waals surface area contributed by atoms with Crippen LogP contribution < -0.4 is 4.90 Å². The maximum Gasteiger partial charge on any atom is 0.393 e. The van der Waals surface area contributed by atoms with Crippen molar-refractivity contribution < 1.29 is 18.0 Å². The predicted molar refractivity (Wildman–Crippen MR) is 154 cm³/mol. The van der Waals surface area contributed by atoms with Gasteiger partial charge in [-0.15, -0.1) is 10.2 Å². The second kappa shape index (κ2) is 10.5. The Morgan fingerprint density at radius 1 is 1.14 bits per heavy atom. The molecule has 0 radical (unpaired) electrons.